The van der Waals surface area contributed by atoms with Crippen molar-refractivity contribution in [1.82, 2.24) is 5.32 Å². The van der Waals surface area contributed by atoms with Crippen molar-refractivity contribution in [3.05, 3.63) is 82.8 Å². The van der Waals surface area contributed by atoms with Crippen LogP contribution in [0.3, 0.4) is 0 Å². The molecule has 0 aliphatic rings. The van der Waals surface area contributed by atoms with E-state index < -0.39 is 0 Å². The van der Waals surface area contributed by atoms with Crippen molar-refractivity contribution < 1.29 is 0 Å². The zero-order valence-corrected chi connectivity index (χ0v) is 20.0. The quantitative estimate of drug-likeness (QED) is 0.202. The van der Waals surface area contributed by atoms with Crippen LogP contribution in [0.25, 0.3) is 0 Å². The number of unbranched alkanes of at least 4 members (excludes halogenated alkanes) is 1. The summed E-state index contributed by atoms with van der Waals surface area (Å²) in [5, 5.41) is 3.45. The standard InChI is InChI=1S/C27H42N2/c1-10-14-19-28-24(9)26(21(5)6)20-22(7)27(13-4)29-23(8)17-15-18-25(12-3)16-11-2/h11,13,15-18,20,28H,9-10,12,14,19H2,1-8H3/b16-11-,17-15+,22-20+,25-18-,27-13-,29-23+. The van der Waals surface area contributed by atoms with Gasteiger partial charge < -0.3 is 5.32 Å². The first-order valence-electron chi connectivity index (χ1n) is 10.8. The lowest BCUT2D eigenvalue weighted by molar-refractivity contribution is 0.717. The molecular formula is C27H42N2. The van der Waals surface area contributed by atoms with Crippen molar-refractivity contribution >= 4 is 5.71 Å². The summed E-state index contributed by atoms with van der Waals surface area (Å²) >= 11 is 0. The van der Waals surface area contributed by atoms with E-state index in [9.17, 15) is 0 Å². The Kier molecular flexibility index (Phi) is 14.3. The van der Waals surface area contributed by atoms with Crippen molar-refractivity contribution in [1.29, 1.82) is 0 Å². The first kappa shape index (κ1) is 26.6. The van der Waals surface area contributed by atoms with Gasteiger partial charge in [-0.1, -0.05) is 62.8 Å². The van der Waals surface area contributed by atoms with Gasteiger partial charge >= 0.3 is 0 Å². The topological polar surface area (TPSA) is 24.4 Å². The molecule has 0 saturated carbocycles. The predicted octanol–water partition coefficient (Wildman–Crippen LogP) is 8.01. The van der Waals surface area contributed by atoms with Gasteiger partial charge in [0.1, 0.15) is 0 Å². The van der Waals surface area contributed by atoms with Crippen LogP contribution in [0.15, 0.2) is 87.8 Å². The van der Waals surface area contributed by atoms with Gasteiger partial charge in [0.25, 0.3) is 0 Å². The lowest BCUT2D eigenvalue weighted by atomic mass is 10.0. The normalized spacial score (nSPS) is 14.1. The first-order chi connectivity index (χ1) is 13.8. The van der Waals surface area contributed by atoms with Gasteiger partial charge in [-0.25, -0.2) is 0 Å². The Morgan fingerprint density at radius 1 is 1.03 bits per heavy atom. The van der Waals surface area contributed by atoms with Crippen molar-refractivity contribution in [2.45, 2.75) is 74.7 Å². The van der Waals surface area contributed by atoms with Crippen LogP contribution < -0.4 is 5.32 Å². The summed E-state index contributed by atoms with van der Waals surface area (Å²) in [5.41, 5.74) is 7.79. The SMILES string of the molecule is C=C(NCCCC)C(/C=C(C)/C(=C/C)/N=C(C)/C=C/C=C(\C=C/C)CC)=C(C)C. The molecule has 0 rings (SSSR count). The van der Waals surface area contributed by atoms with E-state index in [1.807, 2.05) is 20.8 Å². The molecule has 0 bridgehead atoms. The summed E-state index contributed by atoms with van der Waals surface area (Å²) in [6.07, 6.45) is 18.1. The molecule has 0 fully saturated rings. The minimum atomic E-state index is 0.956. The van der Waals surface area contributed by atoms with E-state index in [0.717, 1.165) is 47.6 Å². The van der Waals surface area contributed by atoms with E-state index in [2.05, 4.69) is 89.0 Å². The van der Waals surface area contributed by atoms with E-state index in [1.54, 1.807) is 0 Å². The number of allylic oxidation sites excluding steroid dienone is 10. The molecule has 0 aliphatic heterocycles. The highest BCUT2D eigenvalue weighted by Crippen LogP contribution is 2.20. The molecule has 160 valence electrons. The number of nitrogens with one attached hydrogen (secondary N) is 1. The molecule has 29 heavy (non-hydrogen) atoms. The van der Waals surface area contributed by atoms with Crippen LogP contribution in [-0.4, -0.2) is 12.3 Å². The highest BCUT2D eigenvalue weighted by Gasteiger charge is 2.05. The van der Waals surface area contributed by atoms with E-state index in [4.69, 9.17) is 4.99 Å². The van der Waals surface area contributed by atoms with E-state index in [-0.39, 0.29) is 0 Å². The Hall–Kier alpha value is -2.35. The number of nitrogens with zero attached hydrogens (tertiary/aromatic N) is 1. The molecule has 0 radical (unpaired) electrons. The van der Waals surface area contributed by atoms with Gasteiger partial charge in [-0.15, -0.1) is 0 Å². The minimum Gasteiger partial charge on any atom is -0.385 e. The van der Waals surface area contributed by atoms with Crippen LogP contribution in [0, 0.1) is 0 Å². The molecule has 0 saturated heterocycles. The summed E-state index contributed by atoms with van der Waals surface area (Å²) in [6, 6.07) is 0. The van der Waals surface area contributed by atoms with Gasteiger partial charge in [0.15, 0.2) is 0 Å². The van der Waals surface area contributed by atoms with Gasteiger partial charge in [0.05, 0.1) is 5.70 Å². The van der Waals surface area contributed by atoms with Gasteiger partial charge in [-0.05, 0) is 83.3 Å². The smallest absolute Gasteiger partial charge is 0.0619 e. The number of hydrogen-bond acceptors (Lipinski definition) is 2. The van der Waals surface area contributed by atoms with Crippen LogP contribution in [0.1, 0.15) is 74.7 Å². The molecule has 0 amide bonds. The number of hydrogen-bond donors (Lipinski definition) is 1. The van der Waals surface area contributed by atoms with Crippen LogP contribution in [0.4, 0.5) is 0 Å². The fourth-order valence-electron chi connectivity index (χ4n) is 2.76. The summed E-state index contributed by atoms with van der Waals surface area (Å²) in [7, 11) is 0. The summed E-state index contributed by atoms with van der Waals surface area (Å²) in [5.74, 6) is 0. The van der Waals surface area contributed by atoms with Crippen LogP contribution in [0.2, 0.25) is 0 Å². The molecule has 2 nitrogen and oxygen atoms in total. The summed E-state index contributed by atoms with van der Waals surface area (Å²) in [6.45, 7) is 22.0. The second-order valence-electron chi connectivity index (χ2n) is 7.38. The molecule has 0 aromatic carbocycles. The van der Waals surface area contributed by atoms with Crippen LogP contribution >= 0.6 is 0 Å². The van der Waals surface area contributed by atoms with E-state index >= 15 is 0 Å². The molecule has 0 spiro atoms. The summed E-state index contributed by atoms with van der Waals surface area (Å²) < 4.78 is 0. The van der Waals surface area contributed by atoms with E-state index in [0.29, 0.717) is 0 Å². The van der Waals surface area contributed by atoms with Crippen LogP contribution in [-0.2, 0) is 0 Å². The van der Waals surface area contributed by atoms with Gasteiger partial charge in [0.2, 0.25) is 0 Å². The lowest BCUT2D eigenvalue weighted by Gasteiger charge is -2.14. The first-order valence-corrected chi connectivity index (χ1v) is 10.8. The summed E-state index contributed by atoms with van der Waals surface area (Å²) in [4.78, 5) is 4.81. The molecule has 0 aliphatic carbocycles. The van der Waals surface area contributed by atoms with Gasteiger partial charge in [-0.3, -0.25) is 4.99 Å². The maximum atomic E-state index is 4.81. The molecule has 0 aromatic heterocycles. The zero-order chi connectivity index (χ0) is 22.2. The Morgan fingerprint density at radius 2 is 1.72 bits per heavy atom. The molecule has 0 aromatic rings. The lowest BCUT2D eigenvalue weighted by Crippen LogP contribution is -2.15. The Bertz CT molecular complexity index is 730. The van der Waals surface area contributed by atoms with Gasteiger partial charge in [-0.2, -0.15) is 0 Å². The van der Waals surface area contributed by atoms with Crippen LogP contribution in [0.5, 0.6) is 0 Å². The van der Waals surface area contributed by atoms with Gasteiger partial charge in [0, 0.05) is 18.0 Å². The fraction of sp³-hybridized carbons (Fsp3) is 0.444. The number of rotatable bonds is 12. The van der Waals surface area contributed by atoms with E-state index in [1.165, 1.54) is 17.6 Å². The Morgan fingerprint density at radius 3 is 2.24 bits per heavy atom. The maximum Gasteiger partial charge on any atom is 0.0619 e. The van der Waals surface area contributed by atoms with Crippen molar-refractivity contribution in [3.8, 4) is 0 Å². The average molecular weight is 395 g/mol. The highest BCUT2D eigenvalue weighted by molar-refractivity contribution is 5.94. The maximum absolute atomic E-state index is 4.81. The monoisotopic (exact) mass is 394 g/mol. The predicted molar refractivity (Wildman–Crippen MR) is 133 cm³/mol. The fourth-order valence-corrected chi connectivity index (χ4v) is 2.76. The average Bonchev–Trinajstić information content (AvgIpc) is 2.69. The van der Waals surface area contributed by atoms with Crippen molar-refractivity contribution in [2.75, 3.05) is 6.54 Å². The molecular weight excluding hydrogens is 352 g/mol. The third-order valence-electron chi connectivity index (χ3n) is 4.50. The second kappa shape index (κ2) is 15.6. The Labute approximate surface area is 180 Å². The third kappa shape index (κ3) is 11.3. The highest BCUT2D eigenvalue weighted by atomic mass is 14.9. The second-order valence-corrected chi connectivity index (χ2v) is 7.38. The molecule has 1 N–H and O–H groups in total. The largest absolute Gasteiger partial charge is 0.385 e. The minimum absolute atomic E-state index is 0.956. The van der Waals surface area contributed by atoms with Crippen molar-refractivity contribution in [2.24, 2.45) is 4.99 Å². The Balaban J connectivity index is 5.49. The molecule has 2 heteroatoms. The van der Waals surface area contributed by atoms with Crippen molar-refractivity contribution in [3.63, 3.8) is 0 Å². The zero-order valence-electron chi connectivity index (χ0n) is 20.0. The molecule has 0 atom stereocenters. The number of aliphatic imine (C=N–C) groups is 1. The third-order valence-corrected chi connectivity index (χ3v) is 4.50. The molecule has 0 heterocycles. The molecule has 0 unspecified atom stereocenters.